The van der Waals surface area contributed by atoms with Gasteiger partial charge in [0, 0.05) is 13.7 Å². The van der Waals surface area contributed by atoms with Gasteiger partial charge >= 0.3 is 11.9 Å². The van der Waals surface area contributed by atoms with E-state index in [0.717, 1.165) is 18.5 Å². The van der Waals surface area contributed by atoms with Gasteiger partial charge in [0.15, 0.2) is 6.04 Å². The first-order valence-electron chi connectivity index (χ1n) is 13.9. The van der Waals surface area contributed by atoms with Crippen LogP contribution in [0.2, 0.25) is 0 Å². The van der Waals surface area contributed by atoms with E-state index in [1.54, 1.807) is 14.0 Å². The molecule has 1 aliphatic carbocycles. The highest BCUT2D eigenvalue weighted by Crippen LogP contribution is 2.44. The number of carbonyl (C=O) groups is 3. The van der Waals surface area contributed by atoms with Crippen molar-refractivity contribution in [2.45, 2.75) is 84.4 Å². The molecule has 1 fully saturated rings. The first kappa shape index (κ1) is 30.3. The van der Waals surface area contributed by atoms with E-state index < -0.39 is 28.9 Å². The number of ether oxygens (including phenoxy) is 3. The first-order chi connectivity index (χ1) is 18.6. The minimum atomic E-state index is -0.870. The van der Waals surface area contributed by atoms with Gasteiger partial charge in [0.05, 0.1) is 17.9 Å². The highest BCUT2D eigenvalue weighted by atomic mass is 16.6. The number of nitrogens with zero attached hydrogens (tertiary/aromatic N) is 2. The zero-order valence-corrected chi connectivity index (χ0v) is 24.0. The maximum absolute atomic E-state index is 13.9. The average Bonchev–Trinajstić information content (AvgIpc) is 3.56. The molecule has 0 radical (unpaired) electrons. The molecule has 0 saturated heterocycles. The third-order valence-electron chi connectivity index (χ3n) is 7.11. The molecule has 1 amide bonds. The minimum absolute atomic E-state index is 0.212. The van der Waals surface area contributed by atoms with E-state index in [2.05, 4.69) is 5.32 Å². The maximum Gasteiger partial charge on any atom is 0.332 e. The van der Waals surface area contributed by atoms with Crippen LogP contribution in [0.3, 0.4) is 0 Å². The van der Waals surface area contributed by atoms with E-state index in [4.69, 9.17) is 14.2 Å². The number of hydrogen-bond acceptors (Lipinski definition) is 6. The molecule has 0 spiro atoms. The van der Waals surface area contributed by atoms with Gasteiger partial charge in [-0.05, 0) is 65.5 Å². The molecule has 214 valence electrons. The molecule has 1 saturated carbocycles. The molecule has 1 aliphatic rings. The topological polar surface area (TPSA) is 99.7 Å². The molecule has 9 nitrogen and oxygen atoms in total. The molecule has 0 bridgehead atoms. The number of amides is 1. The Balaban J connectivity index is 1.80. The molecular formula is C30H44N3O6+. The van der Waals surface area contributed by atoms with Crippen molar-refractivity contribution in [3.05, 3.63) is 49.1 Å². The number of carbonyl (C=O) groups excluding carboxylic acids is 3. The molecule has 1 heterocycles. The molecule has 2 atom stereocenters. The van der Waals surface area contributed by atoms with E-state index in [9.17, 15) is 14.4 Å². The predicted octanol–water partition coefficient (Wildman–Crippen LogP) is 3.76. The Kier molecular flexibility index (Phi) is 10.7. The maximum atomic E-state index is 13.9. The standard InChI is InChI=1S/C30H43N3O6/c1-6-38-27(35)25(21-32-17-18-33(22-32)24-12-8-7-9-13-24)31-28(36)30(15-10-11-16-30)20-23(14-19-37-5)26(34)39-29(2,3)4/h7-9,12-13,17-18,22-23,25H,6,10-11,14-16,19-21H2,1-5H3/p+1/t23-,25+/m1/s1. The molecule has 9 heteroatoms. The summed E-state index contributed by atoms with van der Waals surface area (Å²) >= 11 is 0. The number of hydrogen-bond donors (Lipinski definition) is 1. The van der Waals surface area contributed by atoms with Gasteiger partial charge in [-0.2, -0.15) is 0 Å². The molecule has 1 N–H and O–H groups in total. The second-order valence-corrected chi connectivity index (χ2v) is 11.3. The summed E-state index contributed by atoms with van der Waals surface area (Å²) in [6.07, 6.45) is 9.53. The number of para-hydroxylation sites is 1. The second kappa shape index (κ2) is 13.7. The fourth-order valence-electron chi connectivity index (χ4n) is 5.19. The van der Waals surface area contributed by atoms with E-state index in [-0.39, 0.29) is 25.0 Å². The second-order valence-electron chi connectivity index (χ2n) is 11.3. The summed E-state index contributed by atoms with van der Waals surface area (Å²) in [6, 6.07) is 8.98. The van der Waals surface area contributed by atoms with Crippen LogP contribution in [0.15, 0.2) is 49.1 Å². The average molecular weight is 543 g/mol. The number of aromatic nitrogens is 2. The Morgan fingerprint density at radius 1 is 1.10 bits per heavy atom. The van der Waals surface area contributed by atoms with Gasteiger partial charge in [-0.25, -0.2) is 13.9 Å². The van der Waals surface area contributed by atoms with Gasteiger partial charge in [0.1, 0.15) is 30.2 Å². The third-order valence-corrected chi connectivity index (χ3v) is 7.11. The van der Waals surface area contributed by atoms with Crippen LogP contribution < -0.4 is 9.88 Å². The smallest absolute Gasteiger partial charge is 0.332 e. The Morgan fingerprint density at radius 2 is 1.79 bits per heavy atom. The van der Waals surface area contributed by atoms with Crippen molar-refractivity contribution in [1.29, 1.82) is 0 Å². The van der Waals surface area contributed by atoms with Crippen molar-refractivity contribution in [3.8, 4) is 5.69 Å². The lowest BCUT2D eigenvalue weighted by Gasteiger charge is -2.33. The van der Waals surface area contributed by atoms with Crippen molar-refractivity contribution in [2.75, 3.05) is 20.3 Å². The van der Waals surface area contributed by atoms with Crippen LogP contribution >= 0.6 is 0 Å². The normalized spacial score (nSPS) is 16.3. The molecule has 0 unspecified atom stereocenters. The van der Waals surface area contributed by atoms with Crippen LogP contribution in [0.5, 0.6) is 0 Å². The van der Waals surface area contributed by atoms with Crippen molar-refractivity contribution in [3.63, 3.8) is 0 Å². The molecule has 1 aromatic heterocycles. The Labute approximate surface area is 231 Å². The summed E-state index contributed by atoms with van der Waals surface area (Å²) in [5.41, 5.74) is -0.404. The molecule has 1 aromatic carbocycles. The fourth-order valence-corrected chi connectivity index (χ4v) is 5.19. The van der Waals surface area contributed by atoms with Crippen LogP contribution in [0, 0.1) is 11.3 Å². The van der Waals surface area contributed by atoms with Crippen LogP contribution in [0.25, 0.3) is 5.69 Å². The van der Waals surface area contributed by atoms with E-state index in [1.165, 1.54) is 0 Å². The molecule has 2 aromatic rings. The summed E-state index contributed by atoms with van der Waals surface area (Å²) in [5, 5.41) is 3.00. The number of rotatable bonds is 13. The summed E-state index contributed by atoms with van der Waals surface area (Å²) in [7, 11) is 1.59. The zero-order chi connectivity index (χ0) is 28.5. The summed E-state index contributed by atoms with van der Waals surface area (Å²) in [4.78, 5) is 40.0. The van der Waals surface area contributed by atoms with Crippen LogP contribution in [0.4, 0.5) is 0 Å². The Bertz CT molecular complexity index is 1090. The number of esters is 2. The largest absolute Gasteiger partial charge is 0.464 e. The lowest BCUT2D eigenvalue weighted by Crippen LogP contribution is -2.55. The molecule has 3 rings (SSSR count). The first-order valence-corrected chi connectivity index (χ1v) is 13.9. The van der Waals surface area contributed by atoms with Gasteiger partial charge in [-0.15, -0.1) is 0 Å². The molecular weight excluding hydrogens is 498 g/mol. The highest BCUT2D eigenvalue weighted by molar-refractivity contribution is 5.88. The van der Waals surface area contributed by atoms with Crippen LogP contribution in [0.1, 0.15) is 66.2 Å². The van der Waals surface area contributed by atoms with Crippen molar-refractivity contribution >= 4 is 17.8 Å². The zero-order valence-electron chi connectivity index (χ0n) is 24.0. The van der Waals surface area contributed by atoms with E-state index in [0.29, 0.717) is 32.3 Å². The summed E-state index contributed by atoms with van der Waals surface area (Å²) in [5.74, 6) is -1.50. The predicted molar refractivity (Wildman–Crippen MR) is 146 cm³/mol. The summed E-state index contributed by atoms with van der Waals surface area (Å²) in [6.45, 7) is 8.08. The fraction of sp³-hybridized carbons (Fsp3) is 0.600. The van der Waals surface area contributed by atoms with Gasteiger partial charge in [0.25, 0.3) is 0 Å². The lowest BCUT2D eigenvalue weighted by atomic mass is 9.75. The highest BCUT2D eigenvalue weighted by Gasteiger charge is 2.46. The quantitative estimate of drug-likeness (QED) is 0.306. The lowest BCUT2D eigenvalue weighted by molar-refractivity contribution is -0.697. The number of benzene rings is 1. The van der Waals surface area contributed by atoms with Gasteiger partial charge in [-0.3, -0.25) is 9.59 Å². The van der Waals surface area contributed by atoms with Crippen molar-refractivity contribution < 1.29 is 33.2 Å². The van der Waals surface area contributed by atoms with Crippen LogP contribution in [-0.4, -0.2) is 54.4 Å². The number of methoxy groups -OCH3 is 1. The summed E-state index contributed by atoms with van der Waals surface area (Å²) < 4.78 is 20.1. The van der Waals surface area contributed by atoms with Crippen molar-refractivity contribution in [2.24, 2.45) is 11.3 Å². The van der Waals surface area contributed by atoms with E-state index >= 15 is 0 Å². The van der Waals surface area contributed by atoms with Crippen LogP contribution in [-0.2, 0) is 35.1 Å². The van der Waals surface area contributed by atoms with E-state index in [1.807, 2.05) is 79.0 Å². The molecule has 39 heavy (non-hydrogen) atoms. The Hall–Kier alpha value is -3.20. The minimum Gasteiger partial charge on any atom is -0.464 e. The van der Waals surface area contributed by atoms with Crippen molar-refractivity contribution in [1.82, 2.24) is 9.88 Å². The number of nitrogens with one attached hydrogen (secondary N) is 1. The third kappa shape index (κ3) is 8.65. The Morgan fingerprint density at radius 3 is 2.41 bits per heavy atom. The molecule has 0 aliphatic heterocycles. The van der Waals surface area contributed by atoms with Gasteiger partial charge in [0.2, 0.25) is 12.2 Å². The monoisotopic (exact) mass is 542 g/mol. The SMILES string of the molecule is CCOC(=O)[C@H](C[n+]1ccn(-c2ccccc2)c1)NC(=O)C1(C[C@@H](CCOC)C(=O)OC(C)(C)C)CCCC1. The number of imidazole rings is 1. The van der Waals surface area contributed by atoms with Gasteiger partial charge < -0.3 is 19.5 Å². The van der Waals surface area contributed by atoms with Gasteiger partial charge in [-0.1, -0.05) is 31.0 Å².